The van der Waals surface area contributed by atoms with Gasteiger partial charge < -0.3 is 4.90 Å². The van der Waals surface area contributed by atoms with Gasteiger partial charge in [0.25, 0.3) is 0 Å². The first kappa shape index (κ1) is 9.28. The standard InChI is InChI=1S/C11H11ClN2/c1-14(2)8-3-4-9-10(12)5-6-13-11(9)7-8/h3-7H,1-2H3. The van der Waals surface area contributed by atoms with Crippen LogP contribution in [0.3, 0.4) is 0 Å². The molecule has 0 aliphatic heterocycles. The highest BCUT2D eigenvalue weighted by Gasteiger charge is 2.01. The Bertz CT molecular complexity index is 466. The van der Waals surface area contributed by atoms with Crippen LogP contribution < -0.4 is 4.90 Å². The number of benzene rings is 1. The molecular formula is C11H11ClN2. The largest absolute Gasteiger partial charge is 0.378 e. The van der Waals surface area contributed by atoms with Crippen LogP contribution in [0.4, 0.5) is 5.69 Å². The van der Waals surface area contributed by atoms with Gasteiger partial charge in [0.05, 0.1) is 10.5 Å². The Morgan fingerprint density at radius 3 is 2.71 bits per heavy atom. The molecular weight excluding hydrogens is 196 g/mol. The molecule has 1 aromatic heterocycles. The van der Waals surface area contributed by atoms with Crippen LogP contribution in [-0.2, 0) is 0 Å². The van der Waals surface area contributed by atoms with E-state index in [4.69, 9.17) is 11.6 Å². The summed E-state index contributed by atoms with van der Waals surface area (Å²) in [7, 11) is 4.01. The molecule has 0 N–H and O–H groups in total. The molecule has 0 aliphatic carbocycles. The lowest BCUT2D eigenvalue weighted by Crippen LogP contribution is -2.08. The van der Waals surface area contributed by atoms with Gasteiger partial charge in [-0.05, 0) is 24.3 Å². The minimum absolute atomic E-state index is 0.750. The number of nitrogens with zero attached hydrogens (tertiary/aromatic N) is 2. The normalized spacial score (nSPS) is 10.5. The third-order valence-corrected chi connectivity index (χ3v) is 2.52. The number of hydrogen-bond donors (Lipinski definition) is 0. The van der Waals surface area contributed by atoms with Crippen LogP contribution in [0.15, 0.2) is 30.5 Å². The van der Waals surface area contributed by atoms with Crippen LogP contribution in [0, 0.1) is 0 Å². The van der Waals surface area contributed by atoms with E-state index in [1.54, 1.807) is 12.3 Å². The van der Waals surface area contributed by atoms with Gasteiger partial charge in [0.15, 0.2) is 0 Å². The van der Waals surface area contributed by atoms with E-state index < -0.39 is 0 Å². The van der Waals surface area contributed by atoms with Gasteiger partial charge in [-0.2, -0.15) is 0 Å². The maximum atomic E-state index is 6.04. The molecule has 0 aliphatic rings. The summed E-state index contributed by atoms with van der Waals surface area (Å²) < 4.78 is 0. The van der Waals surface area contributed by atoms with Crippen molar-refractivity contribution in [2.75, 3.05) is 19.0 Å². The minimum Gasteiger partial charge on any atom is -0.378 e. The second-order valence-electron chi connectivity index (χ2n) is 3.39. The lowest BCUT2D eigenvalue weighted by atomic mass is 10.2. The summed E-state index contributed by atoms with van der Waals surface area (Å²) in [6, 6.07) is 7.87. The van der Waals surface area contributed by atoms with E-state index in [9.17, 15) is 0 Å². The molecule has 0 saturated carbocycles. The molecule has 0 amide bonds. The van der Waals surface area contributed by atoms with Crippen molar-refractivity contribution in [2.45, 2.75) is 0 Å². The second-order valence-corrected chi connectivity index (χ2v) is 3.80. The average molecular weight is 207 g/mol. The molecule has 0 saturated heterocycles. The highest BCUT2D eigenvalue weighted by Crippen LogP contribution is 2.24. The molecule has 2 aromatic rings. The number of hydrogen-bond acceptors (Lipinski definition) is 2. The van der Waals surface area contributed by atoms with Gasteiger partial charge in [0.2, 0.25) is 0 Å². The number of rotatable bonds is 1. The fraction of sp³-hybridized carbons (Fsp3) is 0.182. The highest BCUT2D eigenvalue weighted by molar-refractivity contribution is 6.35. The van der Waals surface area contributed by atoms with Crippen molar-refractivity contribution in [1.82, 2.24) is 4.98 Å². The van der Waals surface area contributed by atoms with Crippen molar-refractivity contribution in [3.63, 3.8) is 0 Å². The van der Waals surface area contributed by atoms with E-state index in [0.29, 0.717) is 0 Å². The zero-order chi connectivity index (χ0) is 10.1. The fourth-order valence-electron chi connectivity index (χ4n) is 1.38. The van der Waals surface area contributed by atoms with Crippen LogP contribution in [0.1, 0.15) is 0 Å². The van der Waals surface area contributed by atoms with Crippen LogP contribution >= 0.6 is 11.6 Å². The summed E-state index contributed by atoms with van der Waals surface area (Å²) in [6.45, 7) is 0. The molecule has 2 rings (SSSR count). The van der Waals surface area contributed by atoms with Gasteiger partial charge in [-0.25, -0.2) is 0 Å². The highest BCUT2D eigenvalue weighted by atomic mass is 35.5. The van der Waals surface area contributed by atoms with Crippen molar-refractivity contribution >= 4 is 28.2 Å². The lowest BCUT2D eigenvalue weighted by molar-refractivity contribution is 1.13. The zero-order valence-corrected chi connectivity index (χ0v) is 8.92. The third kappa shape index (κ3) is 1.53. The van der Waals surface area contributed by atoms with Crippen LogP contribution in [0.5, 0.6) is 0 Å². The summed E-state index contributed by atoms with van der Waals surface area (Å²) in [6.07, 6.45) is 1.73. The van der Waals surface area contributed by atoms with Gasteiger partial charge >= 0.3 is 0 Å². The Kier molecular flexibility index (Phi) is 2.30. The zero-order valence-electron chi connectivity index (χ0n) is 8.16. The first-order valence-electron chi connectivity index (χ1n) is 4.40. The number of aromatic nitrogens is 1. The molecule has 2 nitrogen and oxygen atoms in total. The quantitative estimate of drug-likeness (QED) is 0.713. The Hall–Kier alpha value is -1.28. The molecule has 0 radical (unpaired) electrons. The van der Waals surface area contributed by atoms with Gasteiger partial charge in [-0.1, -0.05) is 11.6 Å². The topological polar surface area (TPSA) is 16.1 Å². The van der Waals surface area contributed by atoms with E-state index in [-0.39, 0.29) is 0 Å². The Labute approximate surface area is 88.1 Å². The molecule has 0 fully saturated rings. The summed E-state index contributed by atoms with van der Waals surface area (Å²) in [5.74, 6) is 0. The van der Waals surface area contributed by atoms with Crippen LogP contribution in [0.25, 0.3) is 10.9 Å². The van der Waals surface area contributed by atoms with Crippen molar-refractivity contribution in [2.24, 2.45) is 0 Å². The van der Waals surface area contributed by atoms with E-state index in [2.05, 4.69) is 4.98 Å². The summed E-state index contributed by atoms with van der Waals surface area (Å²) in [4.78, 5) is 6.32. The van der Waals surface area contributed by atoms with Gasteiger partial charge in [0, 0.05) is 31.4 Å². The summed E-state index contributed by atoms with van der Waals surface area (Å²) in [5, 5.41) is 1.75. The number of halogens is 1. The predicted molar refractivity (Wildman–Crippen MR) is 61.1 cm³/mol. The van der Waals surface area contributed by atoms with Gasteiger partial charge in [-0.15, -0.1) is 0 Å². The maximum absolute atomic E-state index is 6.04. The minimum atomic E-state index is 0.750. The summed E-state index contributed by atoms with van der Waals surface area (Å²) >= 11 is 6.04. The van der Waals surface area contributed by atoms with Crippen LogP contribution in [-0.4, -0.2) is 19.1 Å². The second kappa shape index (κ2) is 3.46. The van der Waals surface area contributed by atoms with E-state index in [1.807, 2.05) is 37.2 Å². The maximum Gasteiger partial charge on any atom is 0.0737 e. The van der Waals surface area contributed by atoms with E-state index >= 15 is 0 Å². The third-order valence-electron chi connectivity index (χ3n) is 2.19. The average Bonchev–Trinajstić information content (AvgIpc) is 2.17. The predicted octanol–water partition coefficient (Wildman–Crippen LogP) is 2.95. The molecule has 72 valence electrons. The van der Waals surface area contributed by atoms with Crippen LogP contribution in [0.2, 0.25) is 5.02 Å². The summed E-state index contributed by atoms with van der Waals surface area (Å²) in [5.41, 5.74) is 2.07. The SMILES string of the molecule is CN(C)c1ccc2c(Cl)ccnc2c1. The van der Waals surface area contributed by atoms with Crippen molar-refractivity contribution in [3.8, 4) is 0 Å². The molecule has 1 aromatic carbocycles. The molecule has 0 unspecified atom stereocenters. The molecule has 0 spiro atoms. The van der Waals surface area contributed by atoms with E-state index in [0.717, 1.165) is 21.6 Å². The molecule has 0 atom stereocenters. The van der Waals surface area contributed by atoms with E-state index in [1.165, 1.54) is 0 Å². The number of pyridine rings is 1. The van der Waals surface area contributed by atoms with Crippen molar-refractivity contribution in [3.05, 3.63) is 35.5 Å². The Morgan fingerprint density at radius 2 is 2.00 bits per heavy atom. The van der Waals surface area contributed by atoms with Crippen molar-refractivity contribution < 1.29 is 0 Å². The molecule has 14 heavy (non-hydrogen) atoms. The molecule has 1 heterocycles. The Morgan fingerprint density at radius 1 is 1.21 bits per heavy atom. The van der Waals surface area contributed by atoms with Crippen molar-refractivity contribution in [1.29, 1.82) is 0 Å². The smallest absolute Gasteiger partial charge is 0.0737 e. The number of fused-ring (bicyclic) bond motifs is 1. The van der Waals surface area contributed by atoms with Gasteiger partial charge in [0.1, 0.15) is 0 Å². The lowest BCUT2D eigenvalue weighted by Gasteiger charge is -2.12. The first-order valence-corrected chi connectivity index (χ1v) is 4.78. The van der Waals surface area contributed by atoms with Gasteiger partial charge in [-0.3, -0.25) is 4.98 Å². The monoisotopic (exact) mass is 206 g/mol. The molecule has 3 heteroatoms. The molecule has 0 bridgehead atoms. The first-order chi connectivity index (χ1) is 6.68. The Balaban J connectivity index is 2.67. The fourth-order valence-corrected chi connectivity index (χ4v) is 1.60. The number of anilines is 1.